The van der Waals surface area contributed by atoms with Crippen LogP contribution < -0.4 is 16.0 Å². The molecule has 2 aliphatic rings. The molecule has 0 aromatic heterocycles. The van der Waals surface area contributed by atoms with Gasteiger partial charge in [0.1, 0.15) is 0 Å². The van der Waals surface area contributed by atoms with E-state index in [0.29, 0.717) is 18.5 Å². The molecule has 110 valence electrons. The molecular formula is C15H23IN4. The molecule has 1 saturated carbocycles. The lowest BCUT2D eigenvalue weighted by Crippen LogP contribution is -2.33. The lowest BCUT2D eigenvalue weighted by molar-refractivity contribution is 0.742. The van der Waals surface area contributed by atoms with Crippen molar-refractivity contribution in [1.29, 1.82) is 0 Å². The van der Waals surface area contributed by atoms with Crippen LogP contribution in [0.5, 0.6) is 0 Å². The highest BCUT2D eigenvalue weighted by Gasteiger charge is 2.21. The largest absolute Gasteiger partial charge is 0.374 e. The number of halogens is 1. The standard InChI is InChI=1S/C15H22N4.HI/c1-19-8-2-3-12-9-11(4-7-14(12)19)10-17-15(16)18-13-5-6-13;/h4,7,9,13H,2-3,5-6,8,10H2,1H3,(H3,16,17,18);1H. The molecule has 20 heavy (non-hydrogen) atoms. The van der Waals surface area contributed by atoms with Gasteiger partial charge in [-0.1, -0.05) is 12.1 Å². The number of rotatable bonds is 3. The summed E-state index contributed by atoms with van der Waals surface area (Å²) < 4.78 is 0. The molecule has 3 rings (SSSR count). The summed E-state index contributed by atoms with van der Waals surface area (Å²) in [5.41, 5.74) is 9.90. The van der Waals surface area contributed by atoms with Crippen LogP contribution in [0.15, 0.2) is 23.2 Å². The molecule has 1 aliphatic carbocycles. The average Bonchev–Trinajstić information content (AvgIpc) is 3.20. The number of fused-ring (bicyclic) bond motifs is 1. The summed E-state index contributed by atoms with van der Waals surface area (Å²) in [5, 5.41) is 3.21. The highest BCUT2D eigenvalue weighted by molar-refractivity contribution is 14.0. The first-order chi connectivity index (χ1) is 9.22. The molecule has 0 spiro atoms. The summed E-state index contributed by atoms with van der Waals surface area (Å²) in [6.45, 7) is 1.82. The van der Waals surface area contributed by atoms with Gasteiger partial charge in [0.2, 0.25) is 0 Å². The molecule has 0 radical (unpaired) electrons. The zero-order chi connectivity index (χ0) is 13.2. The van der Waals surface area contributed by atoms with Crippen molar-refractivity contribution in [2.45, 2.75) is 38.3 Å². The van der Waals surface area contributed by atoms with Gasteiger partial charge in [-0.2, -0.15) is 0 Å². The SMILES string of the molecule is CN1CCCc2cc(CN=C(N)NC3CC3)ccc21.I. The number of anilines is 1. The van der Waals surface area contributed by atoms with Crippen LogP contribution in [0.25, 0.3) is 0 Å². The van der Waals surface area contributed by atoms with Gasteiger partial charge in [-0.15, -0.1) is 24.0 Å². The smallest absolute Gasteiger partial charge is 0.189 e. The Kier molecular flexibility index (Phi) is 5.12. The number of nitrogens with zero attached hydrogens (tertiary/aromatic N) is 2. The summed E-state index contributed by atoms with van der Waals surface area (Å²) in [7, 11) is 2.16. The van der Waals surface area contributed by atoms with Gasteiger partial charge in [-0.25, -0.2) is 4.99 Å². The lowest BCUT2D eigenvalue weighted by atomic mass is 10.00. The molecule has 0 amide bonds. The third kappa shape index (κ3) is 3.77. The first-order valence-electron chi connectivity index (χ1n) is 7.12. The predicted molar refractivity (Wildman–Crippen MR) is 94.9 cm³/mol. The second-order valence-electron chi connectivity index (χ2n) is 5.61. The molecule has 0 saturated heterocycles. The number of aryl methyl sites for hydroxylation is 1. The fourth-order valence-corrected chi connectivity index (χ4v) is 2.60. The van der Waals surface area contributed by atoms with Gasteiger partial charge in [0, 0.05) is 25.3 Å². The molecule has 0 bridgehead atoms. The number of nitrogens with one attached hydrogen (secondary N) is 1. The van der Waals surface area contributed by atoms with Crippen molar-refractivity contribution in [1.82, 2.24) is 5.32 Å². The Bertz CT molecular complexity index is 497. The number of benzene rings is 1. The Hall–Kier alpha value is -0.980. The Labute approximate surface area is 137 Å². The van der Waals surface area contributed by atoms with E-state index in [1.165, 1.54) is 42.5 Å². The third-order valence-electron chi connectivity index (χ3n) is 3.86. The molecule has 4 nitrogen and oxygen atoms in total. The van der Waals surface area contributed by atoms with Crippen LogP contribution >= 0.6 is 24.0 Å². The number of nitrogens with two attached hydrogens (primary N) is 1. The molecule has 1 aromatic carbocycles. The van der Waals surface area contributed by atoms with Gasteiger partial charge < -0.3 is 16.0 Å². The highest BCUT2D eigenvalue weighted by atomic mass is 127. The first kappa shape index (κ1) is 15.4. The van der Waals surface area contributed by atoms with Gasteiger partial charge in [-0.05, 0) is 42.9 Å². The number of aliphatic imine (C=N–C) groups is 1. The molecule has 1 fully saturated rings. The van der Waals surface area contributed by atoms with E-state index in [1.807, 2.05) is 0 Å². The van der Waals surface area contributed by atoms with E-state index in [9.17, 15) is 0 Å². The normalized spacial score (nSPS) is 18.2. The van der Waals surface area contributed by atoms with Crippen molar-refractivity contribution in [2.75, 3.05) is 18.5 Å². The Morgan fingerprint density at radius 1 is 1.45 bits per heavy atom. The number of hydrogen-bond acceptors (Lipinski definition) is 2. The summed E-state index contributed by atoms with van der Waals surface area (Å²) >= 11 is 0. The van der Waals surface area contributed by atoms with Crippen molar-refractivity contribution in [3.05, 3.63) is 29.3 Å². The Morgan fingerprint density at radius 2 is 2.25 bits per heavy atom. The Balaban J connectivity index is 0.00000147. The summed E-state index contributed by atoms with van der Waals surface area (Å²) in [6, 6.07) is 7.22. The van der Waals surface area contributed by atoms with E-state index in [2.05, 4.69) is 40.5 Å². The molecule has 3 N–H and O–H groups in total. The van der Waals surface area contributed by atoms with E-state index in [-0.39, 0.29) is 24.0 Å². The van der Waals surface area contributed by atoms with E-state index in [0.717, 1.165) is 6.54 Å². The quantitative estimate of drug-likeness (QED) is 0.476. The maximum absolute atomic E-state index is 5.85. The summed E-state index contributed by atoms with van der Waals surface area (Å²) in [5.74, 6) is 0.581. The van der Waals surface area contributed by atoms with Crippen LogP contribution in [0.1, 0.15) is 30.4 Å². The van der Waals surface area contributed by atoms with Gasteiger partial charge in [-0.3, -0.25) is 0 Å². The van der Waals surface area contributed by atoms with Crippen molar-refractivity contribution in [3.8, 4) is 0 Å². The second-order valence-corrected chi connectivity index (χ2v) is 5.61. The van der Waals surface area contributed by atoms with Crippen LogP contribution in [0.4, 0.5) is 5.69 Å². The minimum Gasteiger partial charge on any atom is -0.374 e. The zero-order valence-corrected chi connectivity index (χ0v) is 14.3. The van der Waals surface area contributed by atoms with Crippen molar-refractivity contribution in [3.63, 3.8) is 0 Å². The lowest BCUT2D eigenvalue weighted by Gasteiger charge is -2.27. The van der Waals surface area contributed by atoms with Crippen LogP contribution in [-0.4, -0.2) is 25.6 Å². The molecule has 1 aromatic rings. The van der Waals surface area contributed by atoms with E-state index in [4.69, 9.17) is 5.73 Å². The zero-order valence-electron chi connectivity index (χ0n) is 11.9. The first-order valence-corrected chi connectivity index (χ1v) is 7.12. The van der Waals surface area contributed by atoms with E-state index < -0.39 is 0 Å². The minimum absolute atomic E-state index is 0. The summed E-state index contributed by atoms with van der Waals surface area (Å²) in [6.07, 6.45) is 4.86. The molecule has 0 atom stereocenters. The van der Waals surface area contributed by atoms with Crippen molar-refractivity contribution < 1.29 is 0 Å². The second kappa shape index (κ2) is 6.65. The van der Waals surface area contributed by atoms with Gasteiger partial charge in [0.05, 0.1) is 6.54 Å². The third-order valence-corrected chi connectivity index (χ3v) is 3.86. The fourth-order valence-electron chi connectivity index (χ4n) is 2.60. The average molecular weight is 386 g/mol. The van der Waals surface area contributed by atoms with Crippen LogP contribution in [-0.2, 0) is 13.0 Å². The van der Waals surface area contributed by atoms with Gasteiger partial charge in [0.15, 0.2) is 5.96 Å². The van der Waals surface area contributed by atoms with Crippen molar-refractivity contribution >= 4 is 35.6 Å². The Morgan fingerprint density at radius 3 is 3.00 bits per heavy atom. The van der Waals surface area contributed by atoms with Crippen LogP contribution in [0.3, 0.4) is 0 Å². The highest BCUT2D eigenvalue weighted by Crippen LogP contribution is 2.27. The monoisotopic (exact) mass is 386 g/mol. The van der Waals surface area contributed by atoms with Crippen LogP contribution in [0, 0.1) is 0 Å². The van der Waals surface area contributed by atoms with E-state index >= 15 is 0 Å². The van der Waals surface area contributed by atoms with E-state index in [1.54, 1.807) is 0 Å². The molecule has 5 heteroatoms. The summed E-state index contributed by atoms with van der Waals surface area (Å²) in [4.78, 5) is 6.74. The van der Waals surface area contributed by atoms with Crippen molar-refractivity contribution in [2.24, 2.45) is 10.7 Å². The topological polar surface area (TPSA) is 53.6 Å². The fraction of sp³-hybridized carbons (Fsp3) is 0.533. The molecular weight excluding hydrogens is 363 g/mol. The van der Waals surface area contributed by atoms with Gasteiger partial charge >= 0.3 is 0 Å². The minimum atomic E-state index is 0. The van der Waals surface area contributed by atoms with Gasteiger partial charge in [0.25, 0.3) is 0 Å². The number of guanidine groups is 1. The molecule has 0 unspecified atom stereocenters. The molecule has 1 aliphatic heterocycles. The predicted octanol–water partition coefficient (Wildman–Crippen LogP) is 2.25. The molecule has 1 heterocycles. The maximum Gasteiger partial charge on any atom is 0.189 e. The number of hydrogen-bond donors (Lipinski definition) is 2. The van der Waals surface area contributed by atoms with Crippen LogP contribution in [0.2, 0.25) is 0 Å². The maximum atomic E-state index is 5.85.